The molecule has 0 aliphatic carbocycles. The molecule has 0 radical (unpaired) electrons. The smallest absolute Gasteiger partial charge is 0.332 e. The summed E-state index contributed by atoms with van der Waals surface area (Å²) in [6, 6.07) is 1.79. The first kappa shape index (κ1) is 12.9. The summed E-state index contributed by atoms with van der Waals surface area (Å²) in [4.78, 5) is 18.6. The van der Waals surface area contributed by atoms with E-state index in [-0.39, 0.29) is 0 Å². The van der Waals surface area contributed by atoms with Crippen molar-refractivity contribution in [2.24, 2.45) is 0 Å². The zero-order valence-corrected chi connectivity index (χ0v) is 9.81. The Labute approximate surface area is 98.3 Å². The number of carboxylic acids is 1. The van der Waals surface area contributed by atoms with E-state index in [9.17, 15) is 4.79 Å². The molecule has 0 aliphatic rings. The first-order valence-electron chi connectivity index (χ1n) is 4.97. The zero-order valence-electron chi connectivity index (χ0n) is 9.00. The van der Waals surface area contributed by atoms with Crippen LogP contribution in [0.5, 0.6) is 0 Å². The summed E-state index contributed by atoms with van der Waals surface area (Å²) < 4.78 is 5.10. The second kappa shape index (κ2) is 7.19. The normalized spacial score (nSPS) is 12.3. The number of hydrogen-bond donors (Lipinski definition) is 1. The van der Waals surface area contributed by atoms with Gasteiger partial charge in [-0.05, 0) is 19.4 Å². The minimum Gasteiger partial charge on any atom is -0.479 e. The SMILES string of the molecule is CCOC(CCSc1ccncn1)C(=O)O. The molecular formula is C10H14N2O3S. The quantitative estimate of drug-likeness (QED) is 0.576. The largest absolute Gasteiger partial charge is 0.479 e. The van der Waals surface area contributed by atoms with Crippen molar-refractivity contribution in [1.29, 1.82) is 0 Å². The van der Waals surface area contributed by atoms with E-state index >= 15 is 0 Å². The highest BCUT2D eigenvalue weighted by molar-refractivity contribution is 7.99. The molecule has 1 rings (SSSR count). The van der Waals surface area contributed by atoms with Crippen LogP contribution in [-0.4, -0.2) is 39.5 Å². The fraction of sp³-hybridized carbons (Fsp3) is 0.500. The van der Waals surface area contributed by atoms with Crippen LogP contribution in [0.2, 0.25) is 0 Å². The standard InChI is InChI=1S/C10H14N2O3S/c1-2-15-8(10(13)14)4-6-16-9-3-5-11-7-12-9/h3,5,7-8H,2,4,6H2,1H3,(H,13,14). The molecule has 88 valence electrons. The van der Waals surface area contributed by atoms with Gasteiger partial charge in [-0.1, -0.05) is 0 Å². The second-order valence-corrected chi connectivity index (χ2v) is 4.08. The van der Waals surface area contributed by atoms with E-state index < -0.39 is 12.1 Å². The van der Waals surface area contributed by atoms with Gasteiger partial charge in [0.25, 0.3) is 0 Å². The number of ether oxygens (including phenoxy) is 1. The Balaban J connectivity index is 2.31. The van der Waals surface area contributed by atoms with Crippen molar-refractivity contribution >= 4 is 17.7 Å². The van der Waals surface area contributed by atoms with Crippen LogP contribution in [0.4, 0.5) is 0 Å². The Bertz CT molecular complexity index is 321. The summed E-state index contributed by atoms with van der Waals surface area (Å²) in [7, 11) is 0. The monoisotopic (exact) mass is 242 g/mol. The molecule has 1 unspecified atom stereocenters. The molecule has 1 aromatic heterocycles. The Morgan fingerprint density at radius 1 is 1.69 bits per heavy atom. The molecule has 0 spiro atoms. The van der Waals surface area contributed by atoms with E-state index in [1.54, 1.807) is 19.2 Å². The number of nitrogens with zero attached hydrogens (tertiary/aromatic N) is 2. The van der Waals surface area contributed by atoms with Gasteiger partial charge in [0.05, 0.1) is 5.03 Å². The molecule has 0 amide bonds. The summed E-state index contributed by atoms with van der Waals surface area (Å²) >= 11 is 1.50. The molecule has 16 heavy (non-hydrogen) atoms. The first-order valence-corrected chi connectivity index (χ1v) is 5.95. The van der Waals surface area contributed by atoms with Gasteiger partial charge in [0, 0.05) is 18.6 Å². The van der Waals surface area contributed by atoms with Crippen molar-refractivity contribution in [1.82, 2.24) is 9.97 Å². The highest BCUT2D eigenvalue weighted by Gasteiger charge is 2.16. The van der Waals surface area contributed by atoms with Gasteiger partial charge < -0.3 is 9.84 Å². The molecule has 1 atom stereocenters. The van der Waals surface area contributed by atoms with Crippen LogP contribution >= 0.6 is 11.8 Å². The minimum absolute atomic E-state index is 0.412. The van der Waals surface area contributed by atoms with Crippen LogP contribution in [0.15, 0.2) is 23.6 Å². The fourth-order valence-corrected chi connectivity index (χ4v) is 1.93. The molecule has 1 N–H and O–H groups in total. The Hall–Kier alpha value is -1.14. The van der Waals surface area contributed by atoms with Crippen LogP contribution in [0.25, 0.3) is 0 Å². The Kier molecular flexibility index (Phi) is 5.81. The number of carboxylic acid groups (broad SMARTS) is 1. The number of aliphatic carboxylic acids is 1. The van der Waals surface area contributed by atoms with E-state index in [0.29, 0.717) is 18.8 Å². The second-order valence-electron chi connectivity index (χ2n) is 2.97. The number of hydrogen-bond acceptors (Lipinski definition) is 5. The number of thioether (sulfide) groups is 1. The first-order chi connectivity index (χ1) is 7.74. The predicted molar refractivity (Wildman–Crippen MR) is 60.4 cm³/mol. The highest BCUT2D eigenvalue weighted by atomic mass is 32.2. The molecule has 6 heteroatoms. The van der Waals surface area contributed by atoms with Crippen LogP contribution in [0.1, 0.15) is 13.3 Å². The van der Waals surface area contributed by atoms with Crippen LogP contribution < -0.4 is 0 Å². The number of carbonyl (C=O) groups is 1. The summed E-state index contributed by atoms with van der Waals surface area (Å²) in [5.74, 6) is -0.251. The molecule has 0 saturated carbocycles. The lowest BCUT2D eigenvalue weighted by atomic mass is 10.3. The Morgan fingerprint density at radius 3 is 3.06 bits per heavy atom. The number of rotatable bonds is 7. The fourth-order valence-electron chi connectivity index (χ4n) is 1.11. The van der Waals surface area contributed by atoms with Gasteiger partial charge in [-0.15, -0.1) is 11.8 Å². The third-order valence-corrected chi connectivity index (χ3v) is 2.81. The molecule has 0 bridgehead atoms. The minimum atomic E-state index is -0.912. The van der Waals surface area contributed by atoms with E-state index in [1.807, 2.05) is 0 Å². The zero-order chi connectivity index (χ0) is 11.8. The molecule has 5 nitrogen and oxygen atoms in total. The van der Waals surface area contributed by atoms with Gasteiger partial charge in [-0.25, -0.2) is 14.8 Å². The van der Waals surface area contributed by atoms with Crippen molar-refractivity contribution in [3.8, 4) is 0 Å². The van der Waals surface area contributed by atoms with Gasteiger partial charge in [0.15, 0.2) is 6.10 Å². The molecule has 0 aromatic carbocycles. The van der Waals surface area contributed by atoms with Gasteiger partial charge in [-0.3, -0.25) is 0 Å². The average molecular weight is 242 g/mol. The predicted octanol–water partition coefficient (Wildman–Crippen LogP) is 1.45. The summed E-state index contributed by atoms with van der Waals surface area (Å²) in [5, 5.41) is 9.68. The molecule has 1 heterocycles. The van der Waals surface area contributed by atoms with Crippen LogP contribution in [0.3, 0.4) is 0 Å². The number of aromatic nitrogens is 2. The Morgan fingerprint density at radius 2 is 2.50 bits per heavy atom. The van der Waals surface area contributed by atoms with E-state index in [2.05, 4.69) is 9.97 Å². The summed E-state index contributed by atoms with van der Waals surface area (Å²) in [5.41, 5.74) is 0. The molecule has 0 aliphatic heterocycles. The van der Waals surface area contributed by atoms with Gasteiger partial charge >= 0.3 is 5.97 Å². The van der Waals surface area contributed by atoms with Gasteiger partial charge in [0.1, 0.15) is 6.33 Å². The van der Waals surface area contributed by atoms with E-state index in [1.165, 1.54) is 18.1 Å². The highest BCUT2D eigenvalue weighted by Crippen LogP contribution is 2.16. The van der Waals surface area contributed by atoms with E-state index in [4.69, 9.17) is 9.84 Å². The van der Waals surface area contributed by atoms with Crippen molar-refractivity contribution in [3.05, 3.63) is 18.6 Å². The van der Waals surface area contributed by atoms with Crippen molar-refractivity contribution in [3.63, 3.8) is 0 Å². The molecule has 0 fully saturated rings. The molecular weight excluding hydrogens is 228 g/mol. The van der Waals surface area contributed by atoms with Crippen molar-refractivity contribution in [2.45, 2.75) is 24.5 Å². The molecule has 1 aromatic rings. The summed E-state index contributed by atoms with van der Waals surface area (Å²) in [6.45, 7) is 2.20. The van der Waals surface area contributed by atoms with Crippen molar-refractivity contribution in [2.75, 3.05) is 12.4 Å². The lowest BCUT2D eigenvalue weighted by Crippen LogP contribution is -2.24. The van der Waals surface area contributed by atoms with Gasteiger partial charge in [0.2, 0.25) is 0 Å². The average Bonchev–Trinajstić information content (AvgIpc) is 2.29. The van der Waals surface area contributed by atoms with Crippen LogP contribution in [-0.2, 0) is 9.53 Å². The maximum Gasteiger partial charge on any atom is 0.332 e. The third-order valence-electron chi connectivity index (χ3n) is 1.83. The lowest BCUT2D eigenvalue weighted by Gasteiger charge is -2.11. The summed E-state index contributed by atoms with van der Waals surface area (Å²) in [6.07, 6.45) is 2.88. The topological polar surface area (TPSA) is 72.3 Å². The maximum absolute atomic E-state index is 10.8. The van der Waals surface area contributed by atoms with Crippen molar-refractivity contribution < 1.29 is 14.6 Å². The van der Waals surface area contributed by atoms with Crippen LogP contribution in [0, 0.1) is 0 Å². The third kappa shape index (κ3) is 4.59. The molecule has 0 saturated heterocycles. The van der Waals surface area contributed by atoms with E-state index in [0.717, 1.165) is 5.03 Å². The maximum atomic E-state index is 10.8. The lowest BCUT2D eigenvalue weighted by molar-refractivity contribution is -0.150. The van der Waals surface area contributed by atoms with Gasteiger partial charge in [-0.2, -0.15) is 0 Å².